The average Bonchev–Trinajstić information content (AvgIpc) is 2.33. The van der Waals surface area contributed by atoms with E-state index in [2.05, 4.69) is 0 Å². The lowest BCUT2D eigenvalue weighted by atomic mass is 10.0. The highest BCUT2D eigenvalue weighted by atomic mass is 35.5. The number of alkyl halides is 3. The summed E-state index contributed by atoms with van der Waals surface area (Å²) >= 11 is 5.77. The number of halogens is 4. The summed E-state index contributed by atoms with van der Waals surface area (Å²) in [5.41, 5.74) is 5.90. The highest BCUT2D eigenvalue weighted by Gasteiger charge is 2.42. The fourth-order valence-corrected chi connectivity index (χ4v) is 1.95. The lowest BCUT2D eigenvalue weighted by Gasteiger charge is -2.29. The number of hydrogen-bond donors (Lipinski definition) is 2. The summed E-state index contributed by atoms with van der Waals surface area (Å²) in [5.74, 6) is -2.82. The minimum Gasteiger partial charge on any atom is -0.387 e. The molecule has 2 atom stereocenters. The molecule has 2 unspecified atom stereocenters. The largest absolute Gasteiger partial charge is 0.399 e. The van der Waals surface area contributed by atoms with Crippen LogP contribution in [0.4, 0.5) is 13.2 Å². The van der Waals surface area contributed by atoms with Gasteiger partial charge in [-0.05, 0) is 31.7 Å². The Morgan fingerprint density at radius 1 is 1.35 bits per heavy atom. The fraction of sp³-hybridized carbons (Fsp3) is 0.462. The van der Waals surface area contributed by atoms with Crippen LogP contribution in [0.2, 0.25) is 5.02 Å². The summed E-state index contributed by atoms with van der Waals surface area (Å²) in [4.78, 5) is 1.52. The molecule has 0 heterocycles. The van der Waals surface area contributed by atoms with Gasteiger partial charge in [-0.2, -0.15) is 13.2 Å². The summed E-state index contributed by atoms with van der Waals surface area (Å²) in [5, 5.41) is 7.66. The van der Waals surface area contributed by atoms with Crippen molar-refractivity contribution in [3.05, 3.63) is 34.9 Å². The molecular formula is C13H17ClF3N3. The van der Waals surface area contributed by atoms with Gasteiger partial charge in [0, 0.05) is 17.6 Å². The third-order valence-corrected chi connectivity index (χ3v) is 3.51. The Morgan fingerprint density at radius 3 is 2.25 bits per heavy atom. The maximum Gasteiger partial charge on any atom is 0.399 e. The van der Waals surface area contributed by atoms with E-state index in [-0.39, 0.29) is 12.6 Å². The van der Waals surface area contributed by atoms with E-state index in [0.29, 0.717) is 5.02 Å². The van der Waals surface area contributed by atoms with Crippen molar-refractivity contribution >= 4 is 17.4 Å². The zero-order chi connectivity index (χ0) is 15.5. The Labute approximate surface area is 121 Å². The third-order valence-electron chi connectivity index (χ3n) is 3.25. The molecule has 0 aromatic heterocycles. The zero-order valence-electron chi connectivity index (χ0n) is 11.2. The van der Waals surface area contributed by atoms with E-state index >= 15 is 0 Å². The maximum absolute atomic E-state index is 12.8. The Morgan fingerprint density at radius 2 is 1.85 bits per heavy atom. The second kappa shape index (κ2) is 6.45. The Balaban J connectivity index is 2.81. The molecule has 3 N–H and O–H groups in total. The van der Waals surface area contributed by atoms with Crippen LogP contribution in [0.3, 0.4) is 0 Å². The van der Waals surface area contributed by atoms with Crippen molar-refractivity contribution in [3.8, 4) is 0 Å². The predicted molar refractivity (Wildman–Crippen MR) is 74.0 cm³/mol. The molecule has 1 aromatic rings. The Bertz CT molecular complexity index is 459. The molecule has 1 aromatic carbocycles. The molecule has 0 fully saturated rings. The maximum atomic E-state index is 12.8. The molecule has 0 saturated carbocycles. The normalized spacial score (nSPS) is 15.2. The van der Waals surface area contributed by atoms with E-state index in [1.54, 1.807) is 38.2 Å². The summed E-state index contributed by atoms with van der Waals surface area (Å²) in [7, 11) is 1.57. The van der Waals surface area contributed by atoms with Crippen LogP contribution in [-0.4, -0.2) is 30.5 Å². The lowest BCUT2D eigenvalue weighted by molar-refractivity contribution is -0.160. The number of benzene rings is 1. The van der Waals surface area contributed by atoms with E-state index in [1.807, 2.05) is 0 Å². The number of nitrogens with one attached hydrogen (secondary N) is 1. The molecule has 1 rings (SSSR count). The number of rotatable bonds is 5. The Hall–Kier alpha value is -1.27. The SMILES string of the molecule is CC(c1ccc(Cl)cc1)N(C)CC(C(=N)N)C(F)(F)F. The van der Waals surface area contributed by atoms with E-state index in [1.165, 1.54) is 4.90 Å². The van der Waals surface area contributed by atoms with Crippen LogP contribution >= 0.6 is 11.6 Å². The third kappa shape index (κ3) is 4.38. The lowest BCUT2D eigenvalue weighted by Crippen LogP contribution is -2.43. The number of hydrogen-bond acceptors (Lipinski definition) is 2. The molecule has 0 amide bonds. The molecule has 112 valence electrons. The Kier molecular flexibility index (Phi) is 5.42. The molecule has 0 radical (unpaired) electrons. The van der Waals surface area contributed by atoms with Gasteiger partial charge in [0.2, 0.25) is 0 Å². The summed E-state index contributed by atoms with van der Waals surface area (Å²) in [6.45, 7) is 1.43. The van der Waals surface area contributed by atoms with Crippen LogP contribution in [0.1, 0.15) is 18.5 Å². The van der Waals surface area contributed by atoms with Crippen LogP contribution in [-0.2, 0) is 0 Å². The van der Waals surface area contributed by atoms with Crippen LogP contribution in [0.25, 0.3) is 0 Å². The summed E-state index contributed by atoms with van der Waals surface area (Å²) in [6, 6.07) is 6.66. The molecule has 0 spiro atoms. The van der Waals surface area contributed by atoms with Gasteiger partial charge in [-0.25, -0.2) is 0 Å². The average molecular weight is 308 g/mol. The van der Waals surface area contributed by atoms with Crippen LogP contribution in [0.5, 0.6) is 0 Å². The van der Waals surface area contributed by atoms with Crippen molar-refractivity contribution in [2.24, 2.45) is 11.7 Å². The first-order valence-electron chi connectivity index (χ1n) is 5.99. The van der Waals surface area contributed by atoms with Gasteiger partial charge >= 0.3 is 6.18 Å². The van der Waals surface area contributed by atoms with E-state index < -0.39 is 17.9 Å². The van der Waals surface area contributed by atoms with Crippen LogP contribution < -0.4 is 5.73 Å². The predicted octanol–water partition coefficient (Wildman–Crippen LogP) is 3.45. The van der Waals surface area contributed by atoms with Crippen molar-refractivity contribution in [3.63, 3.8) is 0 Å². The summed E-state index contributed by atoms with van der Waals surface area (Å²) in [6.07, 6.45) is -4.51. The molecule has 0 aliphatic heterocycles. The topological polar surface area (TPSA) is 53.1 Å². The fourth-order valence-electron chi connectivity index (χ4n) is 1.82. The smallest absolute Gasteiger partial charge is 0.387 e. The van der Waals surface area contributed by atoms with Crippen molar-refractivity contribution < 1.29 is 13.2 Å². The van der Waals surface area contributed by atoms with Gasteiger partial charge in [-0.3, -0.25) is 10.3 Å². The first-order valence-corrected chi connectivity index (χ1v) is 6.37. The minimum atomic E-state index is -4.51. The van der Waals surface area contributed by atoms with Crippen LogP contribution in [0.15, 0.2) is 24.3 Å². The van der Waals surface area contributed by atoms with Gasteiger partial charge in [-0.1, -0.05) is 23.7 Å². The van der Waals surface area contributed by atoms with E-state index in [9.17, 15) is 13.2 Å². The van der Waals surface area contributed by atoms with Crippen molar-refractivity contribution in [2.45, 2.75) is 19.1 Å². The quantitative estimate of drug-likeness (QED) is 0.646. The van der Waals surface area contributed by atoms with Gasteiger partial charge in [0.15, 0.2) is 0 Å². The minimum absolute atomic E-state index is 0.239. The first-order chi connectivity index (χ1) is 9.12. The second-order valence-corrected chi connectivity index (χ2v) is 5.15. The highest BCUT2D eigenvalue weighted by molar-refractivity contribution is 6.30. The van der Waals surface area contributed by atoms with Gasteiger partial charge in [-0.15, -0.1) is 0 Å². The number of amidine groups is 1. The van der Waals surface area contributed by atoms with Gasteiger partial charge in [0.25, 0.3) is 0 Å². The number of nitrogens with two attached hydrogens (primary N) is 1. The summed E-state index contributed by atoms with van der Waals surface area (Å²) < 4.78 is 38.4. The van der Waals surface area contributed by atoms with E-state index in [4.69, 9.17) is 22.7 Å². The van der Waals surface area contributed by atoms with Gasteiger partial charge in [0.05, 0.1) is 0 Å². The van der Waals surface area contributed by atoms with Gasteiger partial charge < -0.3 is 5.73 Å². The van der Waals surface area contributed by atoms with Gasteiger partial charge in [0.1, 0.15) is 11.8 Å². The second-order valence-electron chi connectivity index (χ2n) is 4.72. The monoisotopic (exact) mass is 307 g/mol. The van der Waals surface area contributed by atoms with Crippen molar-refractivity contribution in [2.75, 3.05) is 13.6 Å². The molecule has 3 nitrogen and oxygen atoms in total. The van der Waals surface area contributed by atoms with E-state index in [0.717, 1.165) is 5.56 Å². The molecule has 0 saturated heterocycles. The highest BCUT2D eigenvalue weighted by Crippen LogP contribution is 2.29. The van der Waals surface area contributed by atoms with Crippen molar-refractivity contribution in [1.29, 1.82) is 5.41 Å². The first kappa shape index (κ1) is 16.8. The molecule has 0 aliphatic carbocycles. The molecule has 0 aliphatic rings. The molecule has 7 heteroatoms. The number of nitrogens with zero attached hydrogens (tertiary/aromatic N) is 1. The molecular weight excluding hydrogens is 291 g/mol. The van der Waals surface area contributed by atoms with Crippen LogP contribution in [0, 0.1) is 11.3 Å². The van der Waals surface area contributed by atoms with Crippen molar-refractivity contribution in [1.82, 2.24) is 4.90 Å². The molecule has 20 heavy (non-hydrogen) atoms. The molecule has 0 bridgehead atoms. The zero-order valence-corrected chi connectivity index (χ0v) is 12.0. The standard InChI is InChI=1S/C13H17ClF3N3/c1-8(9-3-5-10(14)6-4-9)20(2)7-11(12(18)19)13(15,16)17/h3-6,8,11H,7H2,1-2H3,(H3,18,19).